The van der Waals surface area contributed by atoms with E-state index in [0.29, 0.717) is 17.9 Å². The fourth-order valence-electron chi connectivity index (χ4n) is 2.54. The smallest absolute Gasteiger partial charge is 0.238 e. The minimum absolute atomic E-state index is 0.00728. The maximum atomic E-state index is 12.0. The Kier molecular flexibility index (Phi) is 5.16. The van der Waals surface area contributed by atoms with Crippen LogP contribution in [0, 0.1) is 0 Å². The summed E-state index contributed by atoms with van der Waals surface area (Å²) in [6.45, 7) is 3.53. The zero-order chi connectivity index (χ0) is 15.2. The molecule has 0 unspecified atom stereocenters. The number of rotatable bonds is 4. The Hall–Kier alpha value is -2.08. The van der Waals surface area contributed by atoms with Crippen LogP contribution in [-0.2, 0) is 9.59 Å². The molecule has 1 saturated heterocycles. The number of hydrogen-bond acceptors (Lipinski definition) is 4. The average molecular weight is 290 g/mol. The van der Waals surface area contributed by atoms with Crippen LogP contribution in [0.15, 0.2) is 24.3 Å². The van der Waals surface area contributed by atoms with Gasteiger partial charge < -0.3 is 16.4 Å². The van der Waals surface area contributed by atoms with Gasteiger partial charge in [0.15, 0.2) is 0 Å². The topological polar surface area (TPSA) is 87.5 Å². The highest BCUT2D eigenvalue weighted by atomic mass is 16.2. The lowest BCUT2D eigenvalue weighted by Crippen LogP contribution is -2.46. The summed E-state index contributed by atoms with van der Waals surface area (Å²) in [7, 11) is 0. The number of benzene rings is 1. The minimum Gasteiger partial charge on any atom is -0.399 e. The predicted octanol–water partition coefficient (Wildman–Crippen LogP) is 0.808. The quantitative estimate of drug-likeness (QED) is 0.716. The van der Waals surface area contributed by atoms with Crippen molar-refractivity contribution in [1.82, 2.24) is 10.2 Å². The van der Waals surface area contributed by atoms with Crippen LogP contribution in [0.1, 0.15) is 19.8 Å². The van der Waals surface area contributed by atoms with Gasteiger partial charge >= 0.3 is 0 Å². The Morgan fingerprint density at radius 1 is 1.33 bits per heavy atom. The van der Waals surface area contributed by atoms with E-state index in [0.717, 1.165) is 25.9 Å². The molecule has 1 aliphatic rings. The molecule has 1 aliphatic heterocycles. The number of carbonyl (C=O) groups excluding carboxylic acids is 2. The maximum Gasteiger partial charge on any atom is 0.238 e. The first kappa shape index (κ1) is 15.3. The van der Waals surface area contributed by atoms with E-state index in [1.807, 2.05) is 12.1 Å². The molecule has 1 heterocycles. The Balaban J connectivity index is 1.75. The molecular formula is C15H22N4O2. The summed E-state index contributed by atoms with van der Waals surface area (Å²) < 4.78 is 0. The Labute approximate surface area is 124 Å². The fraction of sp³-hybridized carbons (Fsp3) is 0.467. The number of hydrogen-bond donors (Lipinski definition) is 3. The molecule has 2 amide bonds. The maximum absolute atomic E-state index is 12.0. The van der Waals surface area contributed by atoms with Crippen molar-refractivity contribution >= 4 is 23.2 Å². The summed E-state index contributed by atoms with van der Waals surface area (Å²) >= 11 is 0. The first-order chi connectivity index (χ1) is 10.0. The highest BCUT2D eigenvalue weighted by Crippen LogP contribution is 2.13. The van der Waals surface area contributed by atoms with Gasteiger partial charge in [0.1, 0.15) is 0 Å². The Morgan fingerprint density at radius 3 is 2.67 bits per heavy atom. The lowest BCUT2D eigenvalue weighted by Gasteiger charge is -2.31. The summed E-state index contributed by atoms with van der Waals surface area (Å²) in [5.41, 5.74) is 7.02. The van der Waals surface area contributed by atoms with Gasteiger partial charge in [-0.1, -0.05) is 6.07 Å². The second-order valence-corrected chi connectivity index (χ2v) is 5.42. The predicted molar refractivity (Wildman–Crippen MR) is 82.8 cm³/mol. The summed E-state index contributed by atoms with van der Waals surface area (Å²) in [5.74, 6) is -0.0357. The molecule has 21 heavy (non-hydrogen) atoms. The molecule has 6 nitrogen and oxygen atoms in total. The number of nitrogens with zero attached hydrogens (tertiary/aromatic N) is 1. The molecule has 4 N–H and O–H groups in total. The lowest BCUT2D eigenvalue weighted by molar-refractivity contribution is -0.121. The van der Waals surface area contributed by atoms with Crippen LogP contribution in [0.3, 0.4) is 0 Å². The Morgan fingerprint density at radius 2 is 2.05 bits per heavy atom. The number of carbonyl (C=O) groups is 2. The molecule has 114 valence electrons. The number of amides is 2. The third-order valence-electron chi connectivity index (χ3n) is 3.53. The van der Waals surface area contributed by atoms with E-state index in [2.05, 4.69) is 15.5 Å². The molecule has 0 aliphatic carbocycles. The van der Waals surface area contributed by atoms with E-state index in [4.69, 9.17) is 5.73 Å². The van der Waals surface area contributed by atoms with Crippen molar-refractivity contribution in [1.29, 1.82) is 0 Å². The van der Waals surface area contributed by atoms with Crippen LogP contribution in [0.2, 0.25) is 0 Å². The molecule has 0 aromatic heterocycles. The van der Waals surface area contributed by atoms with Crippen molar-refractivity contribution in [2.75, 3.05) is 30.7 Å². The van der Waals surface area contributed by atoms with Gasteiger partial charge in [-0.3, -0.25) is 14.5 Å². The molecule has 0 spiro atoms. The zero-order valence-corrected chi connectivity index (χ0v) is 12.3. The van der Waals surface area contributed by atoms with Gasteiger partial charge in [-0.25, -0.2) is 0 Å². The summed E-state index contributed by atoms with van der Waals surface area (Å²) in [5, 5.41) is 5.76. The second-order valence-electron chi connectivity index (χ2n) is 5.42. The third kappa shape index (κ3) is 5.07. The fourth-order valence-corrected chi connectivity index (χ4v) is 2.54. The molecule has 0 bridgehead atoms. The van der Waals surface area contributed by atoms with Gasteiger partial charge in [-0.2, -0.15) is 0 Å². The van der Waals surface area contributed by atoms with Crippen LogP contribution < -0.4 is 16.4 Å². The largest absolute Gasteiger partial charge is 0.399 e. The summed E-state index contributed by atoms with van der Waals surface area (Å²) in [4.78, 5) is 25.1. The van der Waals surface area contributed by atoms with Crippen LogP contribution in [0.25, 0.3) is 0 Å². The molecule has 0 atom stereocenters. The van der Waals surface area contributed by atoms with Crippen molar-refractivity contribution in [2.24, 2.45) is 0 Å². The van der Waals surface area contributed by atoms with E-state index in [1.165, 1.54) is 6.92 Å². The SMILES string of the molecule is CC(=O)NC1CCN(CC(=O)Nc2cccc(N)c2)CC1. The number of nitrogens with two attached hydrogens (primary N) is 1. The van der Waals surface area contributed by atoms with Crippen molar-refractivity contribution < 1.29 is 9.59 Å². The number of likely N-dealkylation sites (tertiary alicyclic amines) is 1. The minimum atomic E-state index is -0.0430. The van der Waals surface area contributed by atoms with Gasteiger partial charge in [-0.15, -0.1) is 0 Å². The van der Waals surface area contributed by atoms with Gasteiger partial charge in [0, 0.05) is 37.4 Å². The van der Waals surface area contributed by atoms with Gasteiger partial charge in [0.05, 0.1) is 6.54 Å². The van der Waals surface area contributed by atoms with Gasteiger partial charge in [0.2, 0.25) is 11.8 Å². The second kappa shape index (κ2) is 7.08. The average Bonchev–Trinajstić information content (AvgIpc) is 2.40. The number of anilines is 2. The van der Waals surface area contributed by atoms with E-state index in [-0.39, 0.29) is 17.9 Å². The molecule has 1 fully saturated rings. The van der Waals surface area contributed by atoms with Gasteiger partial charge in [0.25, 0.3) is 0 Å². The first-order valence-electron chi connectivity index (χ1n) is 7.18. The highest BCUT2D eigenvalue weighted by Gasteiger charge is 2.21. The molecule has 2 rings (SSSR count). The number of piperidine rings is 1. The summed E-state index contributed by atoms with van der Waals surface area (Å²) in [6.07, 6.45) is 1.76. The van der Waals surface area contributed by atoms with Crippen molar-refractivity contribution in [2.45, 2.75) is 25.8 Å². The molecular weight excluding hydrogens is 268 g/mol. The van der Waals surface area contributed by atoms with Crippen molar-refractivity contribution in [3.05, 3.63) is 24.3 Å². The molecule has 6 heteroatoms. The molecule has 0 radical (unpaired) electrons. The normalized spacial score (nSPS) is 16.4. The number of nitrogens with one attached hydrogen (secondary N) is 2. The standard InChI is InChI=1S/C15H22N4O2/c1-11(20)17-13-5-7-19(8-6-13)10-15(21)18-14-4-2-3-12(16)9-14/h2-4,9,13H,5-8,10,16H2,1H3,(H,17,20)(H,18,21). The van der Waals surface area contributed by atoms with Crippen LogP contribution in [0.4, 0.5) is 11.4 Å². The van der Waals surface area contributed by atoms with E-state index in [1.54, 1.807) is 12.1 Å². The number of nitrogen functional groups attached to an aromatic ring is 1. The lowest BCUT2D eigenvalue weighted by atomic mass is 10.1. The monoisotopic (exact) mass is 290 g/mol. The van der Waals surface area contributed by atoms with Crippen molar-refractivity contribution in [3.8, 4) is 0 Å². The van der Waals surface area contributed by atoms with E-state index >= 15 is 0 Å². The zero-order valence-electron chi connectivity index (χ0n) is 12.3. The molecule has 0 saturated carbocycles. The Bertz CT molecular complexity index is 510. The summed E-state index contributed by atoms with van der Waals surface area (Å²) in [6, 6.07) is 7.38. The van der Waals surface area contributed by atoms with E-state index < -0.39 is 0 Å². The van der Waals surface area contributed by atoms with Crippen LogP contribution in [0.5, 0.6) is 0 Å². The molecule has 1 aromatic rings. The van der Waals surface area contributed by atoms with Crippen molar-refractivity contribution in [3.63, 3.8) is 0 Å². The van der Waals surface area contributed by atoms with Crippen LogP contribution in [-0.4, -0.2) is 42.4 Å². The van der Waals surface area contributed by atoms with Gasteiger partial charge in [-0.05, 0) is 31.0 Å². The highest BCUT2D eigenvalue weighted by molar-refractivity contribution is 5.92. The molecule has 1 aromatic carbocycles. The van der Waals surface area contributed by atoms with E-state index in [9.17, 15) is 9.59 Å². The van der Waals surface area contributed by atoms with Crippen LogP contribution >= 0.6 is 0 Å². The first-order valence-corrected chi connectivity index (χ1v) is 7.18. The third-order valence-corrected chi connectivity index (χ3v) is 3.53.